The summed E-state index contributed by atoms with van der Waals surface area (Å²) < 4.78 is 17.9. The van der Waals surface area contributed by atoms with Gasteiger partial charge in [-0.2, -0.15) is 0 Å². The number of aromatic nitrogens is 1. The molecule has 8 heteroatoms. The maximum Gasteiger partial charge on any atom is 0.384 e. The minimum atomic E-state index is -2.02. The van der Waals surface area contributed by atoms with Crippen LogP contribution in [0.15, 0.2) is 10.6 Å². The summed E-state index contributed by atoms with van der Waals surface area (Å²) in [5.74, 6) is 6.47. The molecule has 0 saturated carbocycles. The number of nitrogens with one attached hydrogen (secondary N) is 1. The van der Waals surface area contributed by atoms with Crippen molar-refractivity contribution < 1.29 is 18.4 Å². The lowest BCUT2D eigenvalue weighted by atomic mass is 10.2. The number of carbonyl (C=O) groups is 1. The number of carbonyl (C=O) groups excluding carboxylic acids is 1. The molecule has 1 N–H and O–H groups in total. The molecule has 1 unspecified atom stereocenters. The van der Waals surface area contributed by atoms with Crippen LogP contribution in [-0.2, 0) is 20.4 Å². The third-order valence-corrected chi connectivity index (χ3v) is 10.5. The monoisotopic (exact) mass is 504 g/mol. The van der Waals surface area contributed by atoms with Gasteiger partial charge in [-0.15, -0.1) is 0 Å². The van der Waals surface area contributed by atoms with Crippen LogP contribution < -0.4 is 5.32 Å². The average molecular weight is 504 g/mol. The summed E-state index contributed by atoms with van der Waals surface area (Å²) in [5, 5.41) is 3.40. The Morgan fingerprint density at radius 1 is 1.48 bits per heavy atom. The molecule has 1 aromatic heterocycles. The van der Waals surface area contributed by atoms with Gasteiger partial charge in [0.15, 0.2) is 8.32 Å². The zero-order valence-corrected chi connectivity index (χ0v) is 20.0. The number of halogens is 1. The van der Waals surface area contributed by atoms with E-state index in [1.54, 1.807) is 6.20 Å². The number of aryl methyl sites for hydroxylation is 1. The average Bonchev–Trinajstić information content (AvgIpc) is 3.24. The second-order valence-electron chi connectivity index (χ2n) is 8.24. The van der Waals surface area contributed by atoms with Crippen LogP contribution in [-0.4, -0.2) is 43.0 Å². The van der Waals surface area contributed by atoms with Crippen LogP contribution in [0.1, 0.15) is 44.9 Å². The fourth-order valence-corrected chi connectivity index (χ4v) is 4.30. The van der Waals surface area contributed by atoms with Gasteiger partial charge >= 0.3 is 5.97 Å². The molecule has 1 fully saturated rings. The van der Waals surface area contributed by atoms with E-state index in [0.717, 1.165) is 16.1 Å². The van der Waals surface area contributed by atoms with Crippen molar-refractivity contribution in [3.63, 3.8) is 0 Å². The van der Waals surface area contributed by atoms with Crippen molar-refractivity contribution in [2.75, 3.05) is 11.5 Å². The first kappa shape index (κ1) is 22.4. The van der Waals surface area contributed by atoms with Gasteiger partial charge in [-0.3, -0.25) is 5.32 Å². The number of hydrogen-bond acceptors (Lipinski definition) is 6. The fraction of sp³-hybridized carbons (Fsp3) is 0.684. The molecule has 0 amide bonds. The van der Waals surface area contributed by atoms with E-state index in [1.807, 2.05) is 0 Å². The number of oxazole rings is 1. The molecule has 1 aromatic rings. The van der Waals surface area contributed by atoms with Gasteiger partial charge in [0.2, 0.25) is 5.89 Å². The summed E-state index contributed by atoms with van der Waals surface area (Å²) in [7, 11) is -0.692. The van der Waals surface area contributed by atoms with Crippen LogP contribution in [0.4, 0.5) is 0 Å². The number of nitrogens with zero attached hydrogens (tertiary/aromatic N) is 1. The van der Waals surface area contributed by atoms with Gasteiger partial charge in [-0.25, -0.2) is 9.78 Å². The van der Waals surface area contributed by atoms with Gasteiger partial charge in [0.05, 0.1) is 13.3 Å². The highest BCUT2D eigenvalue weighted by Gasteiger charge is 2.40. The molecule has 0 bridgehead atoms. The van der Waals surface area contributed by atoms with Crippen molar-refractivity contribution in [2.24, 2.45) is 0 Å². The third-order valence-electron chi connectivity index (χ3n) is 5.11. The Bertz CT molecular complexity index is 717. The zero-order chi connectivity index (χ0) is 20.2. The van der Waals surface area contributed by atoms with Gasteiger partial charge < -0.3 is 13.6 Å². The summed E-state index contributed by atoms with van der Waals surface area (Å²) in [6.45, 7) is 10.9. The predicted molar refractivity (Wildman–Crippen MR) is 115 cm³/mol. The lowest BCUT2D eigenvalue weighted by Crippen LogP contribution is -2.43. The molecule has 1 aliphatic rings. The fourth-order valence-electron chi connectivity index (χ4n) is 2.29. The van der Waals surface area contributed by atoms with Gasteiger partial charge in [0.25, 0.3) is 0 Å². The first-order valence-electron chi connectivity index (χ1n) is 9.11. The number of rotatable bonds is 7. The molecule has 2 rings (SSSR count). The first-order chi connectivity index (χ1) is 12.6. The number of alkyl halides is 1. The Hall–Kier alpha value is -0.893. The number of methoxy groups -OCH3 is 1. The Kier molecular flexibility index (Phi) is 7.52. The van der Waals surface area contributed by atoms with E-state index in [9.17, 15) is 4.79 Å². The molecule has 6 nitrogen and oxygen atoms in total. The van der Waals surface area contributed by atoms with Crippen molar-refractivity contribution >= 4 is 36.9 Å². The van der Waals surface area contributed by atoms with Crippen molar-refractivity contribution in [3.05, 3.63) is 17.8 Å². The molecule has 0 radical (unpaired) electrons. The van der Waals surface area contributed by atoms with E-state index < -0.39 is 14.3 Å². The Balaban J connectivity index is 2.03. The molecule has 0 spiro atoms. The quantitative estimate of drug-likeness (QED) is 0.116. The minimum absolute atomic E-state index is 0.0592. The van der Waals surface area contributed by atoms with E-state index in [-0.39, 0.29) is 17.2 Å². The molecular weight excluding hydrogens is 475 g/mol. The molecule has 2 heterocycles. The van der Waals surface area contributed by atoms with E-state index in [1.165, 1.54) is 7.11 Å². The maximum absolute atomic E-state index is 11.4. The highest BCUT2D eigenvalue weighted by atomic mass is 127. The molecule has 1 aliphatic heterocycles. The Morgan fingerprint density at radius 3 is 2.74 bits per heavy atom. The second kappa shape index (κ2) is 9.07. The van der Waals surface area contributed by atoms with Crippen LogP contribution >= 0.6 is 22.6 Å². The summed E-state index contributed by atoms with van der Waals surface area (Å²) in [5.41, 5.74) is 0. The lowest BCUT2D eigenvalue weighted by Gasteiger charge is -2.38. The van der Waals surface area contributed by atoms with E-state index in [0.29, 0.717) is 18.9 Å². The molecular formula is C19H29IN2O4Si. The third kappa shape index (κ3) is 6.31. The van der Waals surface area contributed by atoms with Crippen molar-refractivity contribution in [1.82, 2.24) is 10.3 Å². The van der Waals surface area contributed by atoms with Gasteiger partial charge in [0, 0.05) is 22.8 Å². The van der Waals surface area contributed by atoms with E-state index in [2.05, 4.69) is 83.3 Å². The van der Waals surface area contributed by atoms with E-state index >= 15 is 0 Å². The van der Waals surface area contributed by atoms with Crippen LogP contribution in [0, 0.1) is 11.8 Å². The van der Waals surface area contributed by atoms with E-state index in [4.69, 9.17) is 8.84 Å². The SMILES string of the molecule is COC(=O)C#CC(CCc1cnc([C@H]2N[C@H]2CI)o1)O[Si](C)(C)C(C)(C)C. The van der Waals surface area contributed by atoms with Gasteiger partial charge in [0.1, 0.15) is 17.9 Å². The normalized spacial score (nSPS) is 20.6. The van der Waals surface area contributed by atoms with Gasteiger partial charge in [-0.05, 0) is 24.6 Å². The van der Waals surface area contributed by atoms with Crippen LogP contribution in [0.3, 0.4) is 0 Å². The highest BCUT2D eigenvalue weighted by molar-refractivity contribution is 14.1. The van der Waals surface area contributed by atoms with Crippen LogP contribution in [0.2, 0.25) is 18.1 Å². The van der Waals surface area contributed by atoms with Crippen molar-refractivity contribution in [2.45, 2.75) is 69.9 Å². The number of hydrogen-bond donors (Lipinski definition) is 1. The Labute approximate surface area is 176 Å². The minimum Gasteiger partial charge on any atom is -0.459 e. The molecule has 0 aliphatic carbocycles. The molecule has 27 heavy (non-hydrogen) atoms. The lowest BCUT2D eigenvalue weighted by molar-refractivity contribution is -0.133. The zero-order valence-electron chi connectivity index (χ0n) is 16.9. The number of ether oxygens (including phenoxy) is 1. The van der Waals surface area contributed by atoms with Crippen LogP contribution in [0.5, 0.6) is 0 Å². The van der Waals surface area contributed by atoms with Gasteiger partial charge in [-0.1, -0.05) is 49.3 Å². The van der Waals surface area contributed by atoms with Crippen LogP contribution in [0.25, 0.3) is 0 Å². The summed E-state index contributed by atoms with van der Waals surface area (Å²) in [6, 6.07) is 0.687. The van der Waals surface area contributed by atoms with Crippen molar-refractivity contribution in [3.8, 4) is 11.8 Å². The Morgan fingerprint density at radius 2 is 2.19 bits per heavy atom. The first-order valence-corrected chi connectivity index (χ1v) is 13.5. The topological polar surface area (TPSA) is 83.5 Å². The highest BCUT2D eigenvalue weighted by Crippen LogP contribution is 2.37. The molecule has 1 saturated heterocycles. The maximum atomic E-state index is 11.4. The molecule has 150 valence electrons. The summed E-state index contributed by atoms with van der Waals surface area (Å²) >= 11 is 2.35. The number of esters is 1. The largest absolute Gasteiger partial charge is 0.459 e. The van der Waals surface area contributed by atoms with Crippen molar-refractivity contribution in [1.29, 1.82) is 0 Å². The molecule has 3 atom stereocenters. The molecule has 0 aromatic carbocycles. The standard InChI is InChI=1S/C19H29IN2O4Si/c1-19(2,3)27(5,6)26-13(9-10-16(23)24-4)7-8-14-12-21-18(25-14)17-15(11-20)22-17/h12-13,15,17,22H,7-8,11H2,1-6H3/t13?,15-,17-/m0/s1. The smallest absolute Gasteiger partial charge is 0.384 e. The summed E-state index contributed by atoms with van der Waals surface area (Å²) in [6.07, 6.45) is 2.72. The summed E-state index contributed by atoms with van der Waals surface area (Å²) in [4.78, 5) is 15.8. The second-order valence-corrected chi connectivity index (χ2v) is 13.9. The predicted octanol–water partition coefficient (Wildman–Crippen LogP) is 3.62.